The zero-order chi connectivity index (χ0) is 17.1. The molecule has 132 valence electrons. The van der Waals surface area contributed by atoms with Crippen molar-refractivity contribution in [3.8, 4) is 0 Å². The van der Waals surface area contributed by atoms with Crippen LogP contribution >= 0.6 is 0 Å². The number of hydrogen-bond donors (Lipinski definition) is 0. The van der Waals surface area contributed by atoms with Crippen molar-refractivity contribution < 1.29 is 33.4 Å². The first-order chi connectivity index (χ1) is 9.95. The number of hydrogen-bond acceptors (Lipinski definition) is 8. The first kappa shape index (κ1) is 20.2. The van der Waals surface area contributed by atoms with Crippen LogP contribution in [0.2, 0.25) is 25.2 Å². The lowest BCUT2D eigenvalue weighted by atomic mass is 10.5. The lowest BCUT2D eigenvalue weighted by molar-refractivity contribution is 0.190. The zero-order valence-corrected chi connectivity index (χ0v) is 17.0. The van der Waals surface area contributed by atoms with E-state index in [9.17, 15) is 16.8 Å². The van der Waals surface area contributed by atoms with E-state index in [1.165, 1.54) is 0 Å². The first-order valence-corrected chi connectivity index (χ1v) is 15.3. The molecule has 2 atom stereocenters. The fraction of sp³-hybridized carbons (Fsp3) is 1.00. The van der Waals surface area contributed by atoms with Crippen molar-refractivity contribution in [2.45, 2.75) is 45.5 Å². The second kappa shape index (κ2) is 7.38. The van der Waals surface area contributed by atoms with E-state index in [0.29, 0.717) is 31.7 Å². The Balaban J connectivity index is 3.08. The second-order valence-corrected chi connectivity index (χ2v) is 16.5. The largest absolute Gasteiger partial charge is 0.394 e. The van der Waals surface area contributed by atoms with Crippen LogP contribution in [-0.4, -0.2) is 52.3 Å². The smallest absolute Gasteiger partial charge is 0.353 e. The van der Waals surface area contributed by atoms with Crippen molar-refractivity contribution in [1.29, 1.82) is 0 Å². The minimum absolute atomic E-state index is 0.299. The predicted octanol–water partition coefficient (Wildman–Crippen LogP) is 1.26. The lowest BCUT2D eigenvalue weighted by Gasteiger charge is -2.28. The summed E-state index contributed by atoms with van der Waals surface area (Å²) in [6.45, 7) is 7.28. The Hall–Kier alpha value is 0.174. The van der Waals surface area contributed by atoms with Crippen molar-refractivity contribution in [3.05, 3.63) is 0 Å². The fourth-order valence-electron chi connectivity index (χ4n) is 1.77. The van der Waals surface area contributed by atoms with E-state index in [2.05, 4.69) is 0 Å². The maximum Gasteiger partial charge on any atom is 0.353 e. The Morgan fingerprint density at radius 2 is 1.18 bits per heavy atom. The summed E-state index contributed by atoms with van der Waals surface area (Å²) in [6.07, 6.45) is 0.512. The van der Waals surface area contributed by atoms with Crippen LogP contribution in [0.15, 0.2) is 0 Å². The molecule has 1 rings (SSSR count). The van der Waals surface area contributed by atoms with Gasteiger partial charge in [-0.2, -0.15) is 16.8 Å². The lowest BCUT2D eigenvalue weighted by Crippen LogP contribution is -2.45. The standard InChI is InChI=1S/C10H24O8S2Si2/c1-5-21(3)15-8-7-9-16-22(4,6-2)18-20(13,14)10-19(11,12)17-21/h5-10H2,1-4H3. The summed E-state index contributed by atoms with van der Waals surface area (Å²) in [4.78, 5) is 0. The van der Waals surface area contributed by atoms with Crippen molar-refractivity contribution in [3.63, 3.8) is 0 Å². The molecule has 0 amide bonds. The Kier molecular flexibility index (Phi) is 6.78. The van der Waals surface area contributed by atoms with Crippen LogP contribution in [0.5, 0.6) is 0 Å². The summed E-state index contributed by atoms with van der Waals surface area (Å²) in [6, 6.07) is 0.769. The predicted molar refractivity (Wildman–Crippen MR) is 85.6 cm³/mol. The third-order valence-corrected chi connectivity index (χ3v) is 14.6. The molecule has 12 heteroatoms. The molecule has 0 spiro atoms. The molecule has 1 aliphatic heterocycles. The van der Waals surface area contributed by atoms with Gasteiger partial charge in [-0.05, 0) is 31.6 Å². The molecule has 8 nitrogen and oxygen atoms in total. The zero-order valence-electron chi connectivity index (χ0n) is 13.3. The van der Waals surface area contributed by atoms with Gasteiger partial charge < -0.3 is 8.85 Å². The third kappa shape index (κ3) is 6.35. The summed E-state index contributed by atoms with van der Waals surface area (Å²) in [7, 11) is -14.6. The molecule has 0 N–H and O–H groups in total. The van der Waals surface area contributed by atoms with E-state index in [1.54, 1.807) is 26.9 Å². The van der Waals surface area contributed by atoms with Gasteiger partial charge in [0.2, 0.25) is 5.08 Å². The quantitative estimate of drug-likeness (QED) is 0.647. The van der Waals surface area contributed by atoms with E-state index in [4.69, 9.17) is 16.6 Å². The highest BCUT2D eigenvalue weighted by molar-refractivity contribution is 8.04. The normalized spacial score (nSPS) is 36.9. The van der Waals surface area contributed by atoms with Crippen LogP contribution in [0.1, 0.15) is 20.3 Å². The van der Waals surface area contributed by atoms with Gasteiger partial charge in [0, 0.05) is 13.2 Å². The fourth-order valence-corrected chi connectivity index (χ4v) is 11.6. The molecule has 0 bridgehead atoms. The average Bonchev–Trinajstić information content (AvgIpc) is 2.34. The Morgan fingerprint density at radius 1 is 0.818 bits per heavy atom. The van der Waals surface area contributed by atoms with Gasteiger partial charge >= 0.3 is 17.1 Å². The topological polar surface area (TPSA) is 105 Å². The van der Waals surface area contributed by atoms with Crippen molar-refractivity contribution in [2.75, 3.05) is 18.3 Å². The van der Waals surface area contributed by atoms with Crippen molar-refractivity contribution in [2.24, 2.45) is 0 Å². The molecule has 0 saturated carbocycles. The second-order valence-electron chi connectivity index (χ2n) is 5.43. The van der Waals surface area contributed by atoms with Crippen LogP contribution in [0.4, 0.5) is 0 Å². The van der Waals surface area contributed by atoms with E-state index in [0.717, 1.165) is 0 Å². The highest BCUT2D eigenvalue weighted by Crippen LogP contribution is 2.22. The molecule has 1 aliphatic rings. The van der Waals surface area contributed by atoms with Gasteiger partial charge in [0.15, 0.2) is 0 Å². The van der Waals surface area contributed by atoms with Crippen LogP contribution in [-0.2, 0) is 36.8 Å². The van der Waals surface area contributed by atoms with Crippen LogP contribution in [0.25, 0.3) is 0 Å². The monoisotopic (exact) mass is 392 g/mol. The highest BCUT2D eigenvalue weighted by atomic mass is 32.3. The van der Waals surface area contributed by atoms with Gasteiger partial charge in [-0.1, -0.05) is 13.8 Å². The summed E-state index contributed by atoms with van der Waals surface area (Å²) < 4.78 is 69.5. The molecular formula is C10H24O8S2Si2. The van der Waals surface area contributed by atoms with E-state index in [-0.39, 0.29) is 0 Å². The van der Waals surface area contributed by atoms with Gasteiger partial charge in [0.25, 0.3) is 20.2 Å². The van der Waals surface area contributed by atoms with E-state index in [1.807, 2.05) is 0 Å². The maximum atomic E-state index is 12.0. The van der Waals surface area contributed by atoms with Crippen molar-refractivity contribution >= 4 is 37.4 Å². The first-order valence-electron chi connectivity index (χ1n) is 7.09. The van der Waals surface area contributed by atoms with Crippen LogP contribution in [0, 0.1) is 0 Å². The average molecular weight is 393 g/mol. The minimum Gasteiger partial charge on any atom is -0.394 e. The molecule has 1 fully saturated rings. The Labute approximate surface area is 134 Å². The molecule has 2 unspecified atom stereocenters. The van der Waals surface area contributed by atoms with Gasteiger partial charge in [-0.25, -0.2) is 0 Å². The molecule has 0 aromatic heterocycles. The van der Waals surface area contributed by atoms with Crippen LogP contribution < -0.4 is 0 Å². The molecule has 0 aromatic rings. The van der Waals surface area contributed by atoms with Gasteiger partial charge in [-0.3, -0.25) is 7.74 Å². The van der Waals surface area contributed by atoms with Gasteiger partial charge in [-0.15, -0.1) is 0 Å². The summed E-state index contributed by atoms with van der Waals surface area (Å²) in [5, 5.41) is -1.22. The third-order valence-electron chi connectivity index (χ3n) is 3.28. The van der Waals surface area contributed by atoms with Gasteiger partial charge in [0.1, 0.15) is 0 Å². The molecule has 1 saturated heterocycles. The molecule has 0 aromatic carbocycles. The summed E-state index contributed by atoms with van der Waals surface area (Å²) in [5.41, 5.74) is 0. The minimum atomic E-state index is -4.31. The molecular weight excluding hydrogens is 368 g/mol. The summed E-state index contributed by atoms with van der Waals surface area (Å²) in [5.74, 6) is 0. The van der Waals surface area contributed by atoms with Crippen LogP contribution in [0.3, 0.4) is 0 Å². The van der Waals surface area contributed by atoms with Gasteiger partial charge in [0.05, 0.1) is 0 Å². The van der Waals surface area contributed by atoms with E-state index < -0.39 is 42.4 Å². The maximum absolute atomic E-state index is 12.0. The summed E-state index contributed by atoms with van der Waals surface area (Å²) >= 11 is 0. The van der Waals surface area contributed by atoms with Crippen molar-refractivity contribution in [1.82, 2.24) is 0 Å². The molecule has 1 heterocycles. The highest BCUT2D eigenvalue weighted by Gasteiger charge is 2.42. The SMILES string of the molecule is CC[Si]1(C)OCCCO[Si](C)(CC)OS(=O)(=O)CS(=O)(=O)O1. The Morgan fingerprint density at radius 3 is 1.50 bits per heavy atom. The van der Waals surface area contributed by atoms with E-state index >= 15 is 0 Å². The molecule has 0 radical (unpaired) electrons. The molecule has 22 heavy (non-hydrogen) atoms. The number of rotatable bonds is 2. The Bertz CT molecular complexity index is 528. The molecule has 0 aliphatic carbocycles.